The summed E-state index contributed by atoms with van der Waals surface area (Å²) in [4.78, 5) is 11.6. The van der Waals surface area contributed by atoms with Crippen molar-refractivity contribution in [2.24, 2.45) is 5.73 Å². The van der Waals surface area contributed by atoms with E-state index in [0.717, 1.165) is 0 Å². The number of amides is 1. The fraction of sp³-hybridized carbons (Fsp3) is 0.364. The van der Waals surface area contributed by atoms with Gasteiger partial charge in [-0.15, -0.1) is 0 Å². The molecule has 1 aromatic rings. The average molecular weight is 261 g/mol. The summed E-state index contributed by atoms with van der Waals surface area (Å²) in [5, 5.41) is 3.48. The summed E-state index contributed by atoms with van der Waals surface area (Å²) in [7, 11) is 0. The minimum Gasteiger partial charge on any atom is -0.325 e. The van der Waals surface area contributed by atoms with Crippen LogP contribution in [0, 0.1) is 0 Å². The van der Waals surface area contributed by atoms with Crippen LogP contribution < -0.4 is 11.1 Å². The van der Waals surface area contributed by atoms with Gasteiger partial charge in [0.15, 0.2) is 0 Å². The predicted molar refractivity (Wildman–Crippen MR) is 68.0 cm³/mol. The number of nitrogens with two attached hydrogens (primary N) is 1. The van der Waals surface area contributed by atoms with Gasteiger partial charge in [-0.1, -0.05) is 29.3 Å². The Morgan fingerprint density at radius 1 is 1.38 bits per heavy atom. The molecule has 0 aliphatic heterocycles. The van der Waals surface area contributed by atoms with Crippen molar-refractivity contribution in [1.29, 1.82) is 0 Å². The first-order chi connectivity index (χ1) is 7.29. The van der Waals surface area contributed by atoms with Crippen LogP contribution in [0.25, 0.3) is 0 Å². The highest BCUT2D eigenvalue weighted by atomic mass is 35.5. The van der Waals surface area contributed by atoms with Gasteiger partial charge in [-0.25, -0.2) is 0 Å². The summed E-state index contributed by atoms with van der Waals surface area (Å²) in [6, 6.07) is 5.04. The van der Waals surface area contributed by atoms with E-state index in [2.05, 4.69) is 5.32 Å². The predicted octanol–water partition coefficient (Wildman–Crippen LogP) is 3.06. The molecule has 0 aliphatic carbocycles. The van der Waals surface area contributed by atoms with Crippen molar-refractivity contribution in [3.63, 3.8) is 0 Å². The van der Waals surface area contributed by atoms with Gasteiger partial charge < -0.3 is 11.1 Å². The number of benzene rings is 1. The van der Waals surface area contributed by atoms with Crippen molar-refractivity contribution in [3.05, 3.63) is 28.2 Å². The SMILES string of the molecule is CC(C)(N)CC(=O)Nc1c(Cl)cccc1Cl. The Bertz CT molecular complexity index is 379. The third kappa shape index (κ3) is 4.00. The Balaban J connectivity index is 2.78. The Hall–Kier alpha value is -0.770. The van der Waals surface area contributed by atoms with E-state index in [1.54, 1.807) is 32.0 Å². The summed E-state index contributed by atoms with van der Waals surface area (Å²) in [6.45, 7) is 3.56. The highest BCUT2D eigenvalue weighted by Crippen LogP contribution is 2.30. The highest BCUT2D eigenvalue weighted by molar-refractivity contribution is 6.39. The molecule has 0 fully saturated rings. The van der Waals surface area contributed by atoms with Gasteiger partial charge in [-0.2, -0.15) is 0 Å². The van der Waals surface area contributed by atoms with Crippen molar-refractivity contribution in [3.8, 4) is 0 Å². The van der Waals surface area contributed by atoms with E-state index in [1.807, 2.05) is 0 Å². The molecule has 0 heterocycles. The van der Waals surface area contributed by atoms with Crippen LogP contribution in [-0.2, 0) is 4.79 Å². The van der Waals surface area contributed by atoms with Crippen LogP contribution in [-0.4, -0.2) is 11.4 Å². The lowest BCUT2D eigenvalue weighted by Crippen LogP contribution is -2.36. The second-order valence-electron chi connectivity index (χ2n) is 4.31. The number of rotatable bonds is 3. The molecule has 0 aliphatic rings. The zero-order chi connectivity index (χ0) is 12.3. The smallest absolute Gasteiger partial charge is 0.226 e. The summed E-state index contributed by atoms with van der Waals surface area (Å²) < 4.78 is 0. The standard InChI is InChI=1S/C11H14Cl2N2O/c1-11(2,14)6-9(16)15-10-7(12)4-3-5-8(10)13/h3-5H,6,14H2,1-2H3,(H,15,16). The largest absolute Gasteiger partial charge is 0.325 e. The van der Waals surface area contributed by atoms with Crippen molar-refractivity contribution in [2.45, 2.75) is 25.8 Å². The summed E-state index contributed by atoms with van der Waals surface area (Å²) in [6.07, 6.45) is 0.203. The molecule has 0 aromatic heterocycles. The van der Waals surface area contributed by atoms with E-state index in [1.165, 1.54) is 0 Å². The average Bonchev–Trinajstić information content (AvgIpc) is 2.08. The molecule has 3 nitrogen and oxygen atoms in total. The fourth-order valence-electron chi connectivity index (χ4n) is 1.21. The molecule has 0 saturated carbocycles. The lowest BCUT2D eigenvalue weighted by atomic mass is 10.0. The van der Waals surface area contributed by atoms with Gasteiger partial charge in [0, 0.05) is 12.0 Å². The molecule has 0 atom stereocenters. The number of carbonyl (C=O) groups excluding carboxylic acids is 1. The van der Waals surface area contributed by atoms with E-state index < -0.39 is 5.54 Å². The maximum absolute atomic E-state index is 11.6. The Morgan fingerprint density at radius 2 is 1.88 bits per heavy atom. The molecule has 0 bridgehead atoms. The molecule has 1 rings (SSSR count). The topological polar surface area (TPSA) is 55.1 Å². The van der Waals surface area contributed by atoms with Crippen molar-refractivity contribution < 1.29 is 4.79 Å². The lowest BCUT2D eigenvalue weighted by Gasteiger charge is -2.18. The Labute approximate surface area is 105 Å². The second-order valence-corrected chi connectivity index (χ2v) is 5.12. The molecule has 0 saturated heterocycles. The molecule has 0 unspecified atom stereocenters. The van der Waals surface area contributed by atoms with Gasteiger partial charge in [0.05, 0.1) is 15.7 Å². The number of carbonyl (C=O) groups is 1. The van der Waals surface area contributed by atoms with E-state index in [0.29, 0.717) is 15.7 Å². The maximum Gasteiger partial charge on any atom is 0.226 e. The number of halogens is 2. The quantitative estimate of drug-likeness (QED) is 0.878. The molecule has 0 spiro atoms. The van der Waals surface area contributed by atoms with Crippen LogP contribution in [0.5, 0.6) is 0 Å². The van der Waals surface area contributed by atoms with Crippen LogP contribution in [0.3, 0.4) is 0 Å². The number of para-hydroxylation sites is 1. The van der Waals surface area contributed by atoms with E-state index >= 15 is 0 Å². The molecule has 0 radical (unpaired) electrons. The van der Waals surface area contributed by atoms with Crippen LogP contribution in [0.1, 0.15) is 20.3 Å². The first-order valence-electron chi connectivity index (χ1n) is 4.82. The minimum absolute atomic E-state index is 0.203. The number of hydrogen-bond acceptors (Lipinski definition) is 2. The number of nitrogens with one attached hydrogen (secondary N) is 1. The minimum atomic E-state index is -0.558. The van der Waals surface area contributed by atoms with E-state index in [4.69, 9.17) is 28.9 Å². The Kier molecular flexibility index (Phi) is 4.19. The molecule has 1 amide bonds. The van der Waals surface area contributed by atoms with Crippen LogP contribution in [0.2, 0.25) is 10.0 Å². The van der Waals surface area contributed by atoms with E-state index in [-0.39, 0.29) is 12.3 Å². The molecular weight excluding hydrogens is 247 g/mol. The monoisotopic (exact) mass is 260 g/mol. The summed E-state index contributed by atoms with van der Waals surface area (Å²) in [5.74, 6) is -0.206. The molecule has 5 heteroatoms. The van der Waals surface area contributed by atoms with Gasteiger partial charge in [0.25, 0.3) is 0 Å². The van der Waals surface area contributed by atoms with Gasteiger partial charge in [0.1, 0.15) is 0 Å². The number of anilines is 1. The van der Waals surface area contributed by atoms with Gasteiger partial charge >= 0.3 is 0 Å². The molecule has 3 N–H and O–H groups in total. The zero-order valence-corrected chi connectivity index (χ0v) is 10.7. The van der Waals surface area contributed by atoms with Crippen LogP contribution in [0.4, 0.5) is 5.69 Å². The van der Waals surface area contributed by atoms with Gasteiger partial charge in [-0.3, -0.25) is 4.79 Å². The van der Waals surface area contributed by atoms with Crippen molar-refractivity contribution in [1.82, 2.24) is 0 Å². The molecular formula is C11H14Cl2N2O. The molecule has 1 aromatic carbocycles. The lowest BCUT2D eigenvalue weighted by molar-refractivity contribution is -0.117. The third-order valence-electron chi connectivity index (χ3n) is 1.84. The van der Waals surface area contributed by atoms with Crippen molar-refractivity contribution in [2.75, 3.05) is 5.32 Å². The molecule has 88 valence electrons. The van der Waals surface area contributed by atoms with Crippen molar-refractivity contribution >= 4 is 34.8 Å². The zero-order valence-electron chi connectivity index (χ0n) is 9.18. The van der Waals surface area contributed by atoms with E-state index in [9.17, 15) is 4.79 Å². The van der Waals surface area contributed by atoms with Gasteiger partial charge in [0.2, 0.25) is 5.91 Å². The first-order valence-corrected chi connectivity index (χ1v) is 5.58. The first kappa shape index (κ1) is 13.3. The summed E-state index contributed by atoms with van der Waals surface area (Å²) in [5.41, 5.74) is 5.61. The van der Waals surface area contributed by atoms with Crippen LogP contribution >= 0.6 is 23.2 Å². The second kappa shape index (κ2) is 5.04. The highest BCUT2D eigenvalue weighted by Gasteiger charge is 2.17. The fourth-order valence-corrected chi connectivity index (χ4v) is 1.71. The van der Waals surface area contributed by atoms with Gasteiger partial charge in [-0.05, 0) is 26.0 Å². The Morgan fingerprint density at radius 3 is 2.31 bits per heavy atom. The normalized spacial score (nSPS) is 11.3. The van der Waals surface area contributed by atoms with Crippen LogP contribution in [0.15, 0.2) is 18.2 Å². The number of hydrogen-bond donors (Lipinski definition) is 2. The molecule has 16 heavy (non-hydrogen) atoms. The third-order valence-corrected chi connectivity index (χ3v) is 2.47. The maximum atomic E-state index is 11.6. The summed E-state index contributed by atoms with van der Waals surface area (Å²) >= 11 is 11.8.